The Kier molecular flexibility index (Phi) is 4.88. The number of carboxylic acid groups (broad SMARTS) is 1. The Bertz CT molecular complexity index is 475. The van der Waals surface area contributed by atoms with Crippen LogP contribution in [0, 0.1) is 5.41 Å². The second kappa shape index (κ2) is 6.48. The van der Waals surface area contributed by atoms with Gasteiger partial charge in [0.15, 0.2) is 0 Å². The van der Waals surface area contributed by atoms with Crippen molar-refractivity contribution >= 4 is 5.97 Å². The number of phenolic OH excluding ortho intramolecular Hbond substituents is 1. The monoisotopic (exact) mass is 291 g/mol. The SMILES string of the molecule is CCC1(C(=O)O)CCN(C(C)Cc2ccc(O)cc2)CC1. The lowest BCUT2D eigenvalue weighted by Crippen LogP contribution is -2.47. The summed E-state index contributed by atoms with van der Waals surface area (Å²) in [6.45, 7) is 5.86. The first-order valence-corrected chi connectivity index (χ1v) is 7.72. The molecular weight excluding hydrogens is 266 g/mol. The molecule has 1 fully saturated rings. The van der Waals surface area contributed by atoms with Crippen molar-refractivity contribution in [3.63, 3.8) is 0 Å². The summed E-state index contributed by atoms with van der Waals surface area (Å²) in [5.74, 6) is -0.352. The van der Waals surface area contributed by atoms with Gasteiger partial charge in [-0.2, -0.15) is 0 Å². The largest absolute Gasteiger partial charge is 0.508 e. The second-order valence-corrected chi connectivity index (χ2v) is 6.19. The van der Waals surface area contributed by atoms with Crippen LogP contribution >= 0.6 is 0 Å². The van der Waals surface area contributed by atoms with Crippen LogP contribution in [-0.2, 0) is 11.2 Å². The van der Waals surface area contributed by atoms with E-state index in [4.69, 9.17) is 0 Å². The number of hydrogen-bond donors (Lipinski definition) is 2. The molecule has 116 valence electrons. The highest BCUT2D eigenvalue weighted by atomic mass is 16.4. The van der Waals surface area contributed by atoms with Gasteiger partial charge in [0.25, 0.3) is 0 Å². The fourth-order valence-electron chi connectivity index (χ4n) is 3.21. The highest BCUT2D eigenvalue weighted by molar-refractivity contribution is 5.74. The van der Waals surface area contributed by atoms with E-state index in [-0.39, 0.29) is 0 Å². The van der Waals surface area contributed by atoms with Gasteiger partial charge in [0, 0.05) is 6.04 Å². The van der Waals surface area contributed by atoms with Crippen LogP contribution in [0.5, 0.6) is 5.75 Å². The van der Waals surface area contributed by atoms with Crippen molar-refractivity contribution < 1.29 is 15.0 Å². The number of piperidine rings is 1. The highest BCUT2D eigenvalue weighted by Crippen LogP contribution is 2.35. The maximum Gasteiger partial charge on any atom is 0.309 e. The van der Waals surface area contributed by atoms with Crippen LogP contribution < -0.4 is 0 Å². The lowest BCUT2D eigenvalue weighted by atomic mass is 9.76. The van der Waals surface area contributed by atoms with E-state index in [0.29, 0.717) is 18.2 Å². The molecule has 1 aromatic carbocycles. The zero-order valence-corrected chi connectivity index (χ0v) is 12.9. The van der Waals surface area contributed by atoms with Crippen molar-refractivity contribution in [3.8, 4) is 5.75 Å². The average molecular weight is 291 g/mol. The molecule has 0 radical (unpaired) electrons. The Morgan fingerprint density at radius 3 is 2.33 bits per heavy atom. The van der Waals surface area contributed by atoms with Crippen molar-refractivity contribution in [2.75, 3.05) is 13.1 Å². The Morgan fingerprint density at radius 2 is 1.86 bits per heavy atom. The number of carbonyl (C=O) groups is 1. The van der Waals surface area contributed by atoms with Crippen LogP contribution in [0.3, 0.4) is 0 Å². The van der Waals surface area contributed by atoms with Crippen LogP contribution in [-0.4, -0.2) is 40.2 Å². The first-order valence-electron chi connectivity index (χ1n) is 7.72. The van der Waals surface area contributed by atoms with Crippen molar-refractivity contribution in [2.24, 2.45) is 5.41 Å². The first-order chi connectivity index (χ1) is 9.97. The van der Waals surface area contributed by atoms with Gasteiger partial charge in [-0.05, 0) is 63.4 Å². The maximum absolute atomic E-state index is 11.5. The number of carboxylic acids is 1. The highest BCUT2D eigenvalue weighted by Gasteiger charge is 2.40. The number of phenols is 1. The van der Waals surface area contributed by atoms with Crippen LogP contribution in [0.25, 0.3) is 0 Å². The molecule has 1 unspecified atom stereocenters. The first kappa shape index (κ1) is 15.8. The van der Waals surface area contributed by atoms with E-state index >= 15 is 0 Å². The van der Waals surface area contributed by atoms with Crippen molar-refractivity contribution in [1.29, 1.82) is 0 Å². The van der Waals surface area contributed by atoms with Gasteiger partial charge in [-0.15, -0.1) is 0 Å². The van der Waals surface area contributed by atoms with Crippen molar-refractivity contribution in [1.82, 2.24) is 4.90 Å². The van der Waals surface area contributed by atoms with E-state index in [1.165, 1.54) is 5.56 Å². The molecule has 1 aromatic rings. The molecule has 0 aliphatic carbocycles. The normalized spacial score (nSPS) is 20.1. The van der Waals surface area contributed by atoms with Gasteiger partial charge in [0.05, 0.1) is 5.41 Å². The molecule has 0 saturated carbocycles. The minimum Gasteiger partial charge on any atom is -0.508 e. The summed E-state index contributed by atoms with van der Waals surface area (Å²) < 4.78 is 0. The molecule has 2 N–H and O–H groups in total. The van der Waals surface area contributed by atoms with E-state index in [9.17, 15) is 15.0 Å². The lowest BCUT2D eigenvalue weighted by Gasteiger charge is -2.41. The third kappa shape index (κ3) is 3.56. The number of likely N-dealkylation sites (tertiary alicyclic amines) is 1. The summed E-state index contributed by atoms with van der Waals surface area (Å²) in [6.07, 6.45) is 3.10. The molecule has 0 aromatic heterocycles. The van der Waals surface area contributed by atoms with Crippen LogP contribution in [0.15, 0.2) is 24.3 Å². The summed E-state index contributed by atoms with van der Waals surface area (Å²) in [5, 5.41) is 18.7. The number of aromatic hydroxyl groups is 1. The van der Waals surface area contributed by atoms with Gasteiger partial charge in [0.2, 0.25) is 0 Å². The molecule has 1 aliphatic rings. The summed E-state index contributed by atoms with van der Waals surface area (Å²) >= 11 is 0. The van der Waals surface area contributed by atoms with Gasteiger partial charge in [-0.25, -0.2) is 0 Å². The zero-order valence-electron chi connectivity index (χ0n) is 12.9. The summed E-state index contributed by atoms with van der Waals surface area (Å²) in [6, 6.07) is 7.71. The Hall–Kier alpha value is -1.55. The van der Waals surface area contributed by atoms with Gasteiger partial charge in [0.1, 0.15) is 5.75 Å². The summed E-state index contributed by atoms with van der Waals surface area (Å²) in [7, 11) is 0. The Morgan fingerprint density at radius 1 is 1.29 bits per heavy atom. The minimum absolute atomic E-state index is 0.290. The van der Waals surface area contributed by atoms with E-state index < -0.39 is 11.4 Å². The van der Waals surface area contributed by atoms with E-state index in [0.717, 1.165) is 32.4 Å². The van der Waals surface area contributed by atoms with E-state index in [1.54, 1.807) is 12.1 Å². The standard InChI is InChI=1S/C17H25NO3/c1-3-17(16(20)21)8-10-18(11-9-17)13(2)12-14-4-6-15(19)7-5-14/h4-7,13,19H,3,8-12H2,1-2H3,(H,20,21). The Balaban J connectivity index is 1.92. The molecule has 0 amide bonds. The van der Waals surface area contributed by atoms with Gasteiger partial charge < -0.3 is 15.1 Å². The molecule has 1 aliphatic heterocycles. The van der Waals surface area contributed by atoms with Crippen LogP contribution in [0.2, 0.25) is 0 Å². The molecule has 4 nitrogen and oxygen atoms in total. The smallest absolute Gasteiger partial charge is 0.309 e. The molecule has 2 rings (SSSR count). The fraction of sp³-hybridized carbons (Fsp3) is 0.588. The molecule has 1 saturated heterocycles. The molecular formula is C17H25NO3. The number of rotatable bonds is 5. The van der Waals surface area contributed by atoms with Crippen LogP contribution in [0.4, 0.5) is 0 Å². The van der Waals surface area contributed by atoms with Crippen molar-refractivity contribution in [3.05, 3.63) is 29.8 Å². The molecule has 0 spiro atoms. The number of aliphatic carboxylic acids is 1. The fourth-order valence-corrected chi connectivity index (χ4v) is 3.21. The van der Waals surface area contributed by atoms with E-state index in [2.05, 4.69) is 11.8 Å². The third-order valence-corrected chi connectivity index (χ3v) is 4.98. The number of nitrogens with zero attached hydrogens (tertiary/aromatic N) is 1. The molecule has 0 bridgehead atoms. The predicted octanol–water partition coefficient (Wildman–Crippen LogP) is 2.90. The predicted molar refractivity (Wildman–Crippen MR) is 82.4 cm³/mol. The average Bonchev–Trinajstić information content (AvgIpc) is 2.49. The molecule has 1 atom stereocenters. The van der Waals surface area contributed by atoms with Gasteiger partial charge in [-0.3, -0.25) is 4.79 Å². The van der Waals surface area contributed by atoms with E-state index in [1.807, 2.05) is 19.1 Å². The number of benzene rings is 1. The third-order valence-electron chi connectivity index (χ3n) is 4.98. The second-order valence-electron chi connectivity index (χ2n) is 6.19. The molecule has 21 heavy (non-hydrogen) atoms. The minimum atomic E-state index is -0.643. The van der Waals surface area contributed by atoms with Crippen molar-refractivity contribution in [2.45, 2.75) is 45.6 Å². The lowest BCUT2D eigenvalue weighted by molar-refractivity contribution is -0.152. The van der Waals surface area contributed by atoms with Gasteiger partial charge in [-0.1, -0.05) is 19.1 Å². The quantitative estimate of drug-likeness (QED) is 0.875. The number of hydrogen-bond acceptors (Lipinski definition) is 3. The topological polar surface area (TPSA) is 60.8 Å². The molecule has 1 heterocycles. The van der Waals surface area contributed by atoms with Gasteiger partial charge >= 0.3 is 5.97 Å². The van der Waals surface area contributed by atoms with Crippen LogP contribution in [0.1, 0.15) is 38.7 Å². The molecule has 4 heteroatoms. The summed E-state index contributed by atoms with van der Waals surface area (Å²) in [4.78, 5) is 13.8. The maximum atomic E-state index is 11.5. The zero-order chi connectivity index (χ0) is 15.5. The Labute approximate surface area is 126 Å². The summed E-state index contributed by atoms with van der Waals surface area (Å²) in [5.41, 5.74) is 0.681.